The number of benzene rings is 2. The van der Waals surface area contributed by atoms with Crippen LogP contribution in [0.4, 0.5) is 0 Å². The summed E-state index contributed by atoms with van der Waals surface area (Å²) < 4.78 is 2.32. The number of amides is 1. The number of fused-ring (bicyclic) bond motifs is 1. The number of carbonyl (C=O) groups is 1. The first-order valence-electron chi connectivity index (χ1n) is 9.23. The molecule has 0 saturated heterocycles. The minimum absolute atomic E-state index is 0.0245. The quantitative estimate of drug-likeness (QED) is 0.448. The molecule has 0 fully saturated rings. The van der Waals surface area contributed by atoms with Crippen LogP contribution in [-0.4, -0.2) is 17.0 Å². The lowest BCUT2D eigenvalue weighted by Crippen LogP contribution is -2.23. The number of hydrogen-bond acceptors (Lipinski definition) is 2. The summed E-state index contributed by atoms with van der Waals surface area (Å²) in [7, 11) is 0. The zero-order chi connectivity index (χ0) is 18.5. The van der Waals surface area contributed by atoms with E-state index in [0.717, 1.165) is 24.3 Å². The van der Waals surface area contributed by atoms with Gasteiger partial charge in [0.05, 0.1) is 4.88 Å². The van der Waals surface area contributed by atoms with Crippen molar-refractivity contribution < 1.29 is 4.79 Å². The molecule has 0 unspecified atom stereocenters. The van der Waals surface area contributed by atoms with Crippen molar-refractivity contribution in [1.29, 1.82) is 0 Å². The Labute approximate surface area is 163 Å². The first kappa shape index (κ1) is 17.6. The van der Waals surface area contributed by atoms with Gasteiger partial charge in [-0.3, -0.25) is 4.79 Å². The molecule has 136 valence electrons. The first-order chi connectivity index (χ1) is 13.3. The topological polar surface area (TPSA) is 34.0 Å². The molecule has 0 aliphatic carbocycles. The number of rotatable bonds is 7. The van der Waals surface area contributed by atoms with Crippen LogP contribution in [0.3, 0.4) is 0 Å². The third kappa shape index (κ3) is 4.12. The summed E-state index contributed by atoms with van der Waals surface area (Å²) in [6.45, 7) is 1.56. The summed E-state index contributed by atoms with van der Waals surface area (Å²) in [5.41, 5.74) is 3.90. The van der Waals surface area contributed by atoms with Crippen molar-refractivity contribution in [3.05, 3.63) is 94.3 Å². The molecule has 4 heteroatoms. The van der Waals surface area contributed by atoms with Crippen molar-refractivity contribution in [2.45, 2.75) is 19.4 Å². The average molecular weight is 375 g/mol. The predicted molar refractivity (Wildman–Crippen MR) is 112 cm³/mol. The Hall–Kier alpha value is -2.85. The minimum Gasteiger partial charge on any atom is -0.351 e. The highest BCUT2D eigenvalue weighted by Gasteiger charge is 2.09. The lowest BCUT2D eigenvalue weighted by molar-refractivity contribution is 0.0957. The van der Waals surface area contributed by atoms with E-state index in [9.17, 15) is 4.79 Å². The minimum atomic E-state index is 0.0245. The molecule has 4 rings (SSSR count). The fraction of sp³-hybridized carbons (Fsp3) is 0.174. The van der Waals surface area contributed by atoms with Crippen LogP contribution < -0.4 is 5.32 Å². The monoisotopic (exact) mass is 374 g/mol. The summed E-state index contributed by atoms with van der Waals surface area (Å²) in [6.07, 6.45) is 4.14. The molecule has 0 atom stereocenters. The number of nitrogens with zero attached hydrogens (tertiary/aromatic N) is 1. The maximum absolute atomic E-state index is 12.0. The van der Waals surface area contributed by atoms with Gasteiger partial charge in [-0.2, -0.15) is 0 Å². The van der Waals surface area contributed by atoms with Crippen LogP contribution in [-0.2, 0) is 13.0 Å². The summed E-state index contributed by atoms with van der Waals surface area (Å²) in [5.74, 6) is 0.0245. The van der Waals surface area contributed by atoms with Crippen molar-refractivity contribution in [3.8, 4) is 0 Å². The lowest BCUT2D eigenvalue weighted by Gasteiger charge is -2.05. The molecule has 0 aliphatic rings. The molecule has 0 spiro atoms. The van der Waals surface area contributed by atoms with Crippen LogP contribution in [0, 0.1) is 0 Å². The number of para-hydroxylation sites is 1. The second kappa shape index (κ2) is 8.23. The molecule has 0 saturated carbocycles. The molecule has 3 nitrogen and oxygen atoms in total. The SMILES string of the molecule is O=C(NCCCc1cn(Cc2ccccc2)c2ccccc12)c1cccs1. The van der Waals surface area contributed by atoms with E-state index in [1.54, 1.807) is 0 Å². The van der Waals surface area contributed by atoms with Crippen molar-refractivity contribution in [2.75, 3.05) is 6.54 Å². The summed E-state index contributed by atoms with van der Waals surface area (Å²) in [5, 5.41) is 6.25. The van der Waals surface area contributed by atoms with Crippen LogP contribution in [0.1, 0.15) is 27.2 Å². The Kier molecular flexibility index (Phi) is 5.35. The van der Waals surface area contributed by atoms with E-state index in [1.807, 2.05) is 23.6 Å². The number of nitrogens with one attached hydrogen (secondary N) is 1. The van der Waals surface area contributed by atoms with Crippen LogP contribution in [0.5, 0.6) is 0 Å². The summed E-state index contributed by atoms with van der Waals surface area (Å²) in [6, 6.07) is 22.9. The zero-order valence-electron chi connectivity index (χ0n) is 15.1. The smallest absolute Gasteiger partial charge is 0.261 e. The maximum atomic E-state index is 12.0. The van der Waals surface area contributed by atoms with Crippen LogP contribution >= 0.6 is 11.3 Å². The molecular weight excluding hydrogens is 352 g/mol. The van der Waals surface area contributed by atoms with E-state index in [1.165, 1.54) is 33.4 Å². The largest absolute Gasteiger partial charge is 0.351 e. The first-order valence-corrected chi connectivity index (χ1v) is 10.1. The van der Waals surface area contributed by atoms with Gasteiger partial charge < -0.3 is 9.88 Å². The van der Waals surface area contributed by atoms with Gasteiger partial charge >= 0.3 is 0 Å². The molecule has 0 radical (unpaired) electrons. The Balaban J connectivity index is 1.43. The average Bonchev–Trinajstić information content (AvgIpc) is 3.35. The van der Waals surface area contributed by atoms with E-state index in [2.05, 4.69) is 64.6 Å². The van der Waals surface area contributed by atoms with E-state index >= 15 is 0 Å². The molecular formula is C23H22N2OS. The van der Waals surface area contributed by atoms with Crippen molar-refractivity contribution in [3.63, 3.8) is 0 Å². The van der Waals surface area contributed by atoms with Gasteiger partial charge in [0.1, 0.15) is 0 Å². The van der Waals surface area contributed by atoms with Crippen LogP contribution in [0.15, 0.2) is 78.3 Å². The second-order valence-corrected chi connectivity index (χ2v) is 7.57. The molecule has 0 aliphatic heterocycles. The van der Waals surface area contributed by atoms with Gasteiger partial charge in [-0.15, -0.1) is 11.3 Å². The zero-order valence-corrected chi connectivity index (χ0v) is 15.9. The van der Waals surface area contributed by atoms with Gasteiger partial charge in [0.25, 0.3) is 5.91 Å². The molecule has 2 aromatic carbocycles. The Morgan fingerprint density at radius 1 is 0.963 bits per heavy atom. The third-order valence-electron chi connectivity index (χ3n) is 4.72. The van der Waals surface area contributed by atoms with Crippen molar-refractivity contribution >= 4 is 28.1 Å². The van der Waals surface area contributed by atoms with E-state index in [4.69, 9.17) is 0 Å². The standard InChI is InChI=1S/C23H22N2OS/c26-23(22-13-7-15-27-22)24-14-6-10-19-17-25(16-18-8-2-1-3-9-18)21-12-5-4-11-20(19)21/h1-5,7-9,11-13,15,17H,6,10,14,16H2,(H,24,26). The van der Waals surface area contributed by atoms with Gasteiger partial charge in [0.2, 0.25) is 0 Å². The molecule has 27 heavy (non-hydrogen) atoms. The highest BCUT2D eigenvalue weighted by molar-refractivity contribution is 7.12. The summed E-state index contributed by atoms with van der Waals surface area (Å²) >= 11 is 1.48. The third-order valence-corrected chi connectivity index (χ3v) is 5.59. The summed E-state index contributed by atoms with van der Waals surface area (Å²) in [4.78, 5) is 12.8. The maximum Gasteiger partial charge on any atom is 0.261 e. The fourth-order valence-electron chi connectivity index (χ4n) is 3.41. The highest BCUT2D eigenvalue weighted by atomic mass is 32.1. The van der Waals surface area contributed by atoms with Crippen LogP contribution in [0.25, 0.3) is 10.9 Å². The van der Waals surface area contributed by atoms with E-state index < -0.39 is 0 Å². The van der Waals surface area contributed by atoms with Crippen LogP contribution in [0.2, 0.25) is 0 Å². The number of aromatic nitrogens is 1. The van der Waals surface area contributed by atoms with Gasteiger partial charge in [-0.25, -0.2) is 0 Å². The lowest BCUT2D eigenvalue weighted by atomic mass is 10.1. The van der Waals surface area contributed by atoms with Gasteiger partial charge in [-0.1, -0.05) is 54.6 Å². The number of aryl methyl sites for hydroxylation is 1. The molecule has 1 N–H and O–H groups in total. The highest BCUT2D eigenvalue weighted by Crippen LogP contribution is 2.23. The number of hydrogen-bond donors (Lipinski definition) is 1. The van der Waals surface area contributed by atoms with Crippen molar-refractivity contribution in [1.82, 2.24) is 9.88 Å². The second-order valence-electron chi connectivity index (χ2n) is 6.62. The fourth-order valence-corrected chi connectivity index (χ4v) is 4.05. The van der Waals surface area contributed by atoms with Gasteiger partial charge in [0.15, 0.2) is 0 Å². The van der Waals surface area contributed by atoms with Crippen molar-refractivity contribution in [2.24, 2.45) is 0 Å². The number of carbonyl (C=O) groups excluding carboxylic acids is 1. The molecule has 1 amide bonds. The molecule has 4 aromatic rings. The molecule has 0 bridgehead atoms. The number of thiophene rings is 1. The Bertz CT molecular complexity index is 1020. The van der Waals surface area contributed by atoms with E-state index in [0.29, 0.717) is 6.54 Å². The normalized spacial score (nSPS) is 11.0. The van der Waals surface area contributed by atoms with Gasteiger partial charge in [-0.05, 0) is 41.5 Å². The van der Waals surface area contributed by atoms with E-state index in [-0.39, 0.29) is 5.91 Å². The van der Waals surface area contributed by atoms with Gasteiger partial charge in [0, 0.05) is 30.2 Å². The predicted octanol–water partition coefficient (Wildman–Crippen LogP) is 5.11. The molecule has 2 heterocycles. The Morgan fingerprint density at radius 2 is 1.78 bits per heavy atom. The Morgan fingerprint density at radius 3 is 2.59 bits per heavy atom. The molecule has 2 aromatic heterocycles.